The molecule has 28 heavy (non-hydrogen) atoms. The molecule has 1 aliphatic heterocycles. The van der Waals surface area contributed by atoms with E-state index < -0.39 is 10.0 Å². The summed E-state index contributed by atoms with van der Waals surface area (Å²) in [5, 5.41) is 2.99. The van der Waals surface area contributed by atoms with Gasteiger partial charge in [0.2, 0.25) is 15.9 Å². The van der Waals surface area contributed by atoms with E-state index in [0.717, 1.165) is 22.3 Å². The van der Waals surface area contributed by atoms with Crippen LogP contribution in [0.3, 0.4) is 0 Å². The second kappa shape index (κ2) is 8.45. The number of piperidine rings is 1. The first kappa shape index (κ1) is 20.6. The minimum Gasteiger partial charge on any atom is -0.352 e. The molecule has 2 aromatic rings. The highest BCUT2D eigenvalue weighted by Crippen LogP contribution is 2.25. The molecule has 5 nitrogen and oxygen atoms in total. The van der Waals surface area contributed by atoms with Crippen molar-refractivity contribution in [2.75, 3.05) is 13.1 Å². The smallest absolute Gasteiger partial charge is 0.243 e. The standard InChI is InChI=1S/C22H28N2O3S/c1-16-5-4-6-19(13-16)15-23-22(25)20-9-11-24(12-10-20)28(26,27)21-8-7-17(2)18(3)14-21/h4-8,13-14,20H,9-12,15H2,1-3H3,(H,23,25). The van der Waals surface area contributed by atoms with Crippen molar-refractivity contribution in [1.29, 1.82) is 0 Å². The van der Waals surface area contributed by atoms with Gasteiger partial charge in [-0.15, -0.1) is 0 Å². The summed E-state index contributed by atoms with van der Waals surface area (Å²) >= 11 is 0. The molecule has 1 fully saturated rings. The van der Waals surface area contributed by atoms with Gasteiger partial charge in [0.25, 0.3) is 0 Å². The SMILES string of the molecule is Cc1cccc(CNC(=O)C2CCN(S(=O)(=O)c3ccc(C)c(C)c3)CC2)c1. The first-order chi connectivity index (χ1) is 13.3. The molecule has 0 aromatic heterocycles. The third kappa shape index (κ3) is 4.62. The molecule has 1 saturated heterocycles. The first-order valence-electron chi connectivity index (χ1n) is 9.68. The highest BCUT2D eigenvalue weighted by Gasteiger charge is 2.32. The summed E-state index contributed by atoms with van der Waals surface area (Å²) in [5.74, 6) is -0.138. The Morgan fingerprint density at radius 1 is 1.04 bits per heavy atom. The average molecular weight is 401 g/mol. The second-order valence-corrected chi connectivity index (χ2v) is 9.57. The predicted octanol–water partition coefficient (Wildman–Crippen LogP) is 3.33. The highest BCUT2D eigenvalue weighted by molar-refractivity contribution is 7.89. The van der Waals surface area contributed by atoms with E-state index in [1.54, 1.807) is 12.1 Å². The van der Waals surface area contributed by atoms with Crippen LogP contribution in [0.15, 0.2) is 47.4 Å². The Morgan fingerprint density at radius 3 is 2.39 bits per heavy atom. The van der Waals surface area contributed by atoms with Gasteiger partial charge in [-0.2, -0.15) is 4.31 Å². The molecule has 0 spiro atoms. The number of aryl methyl sites for hydroxylation is 3. The quantitative estimate of drug-likeness (QED) is 0.837. The van der Waals surface area contributed by atoms with Crippen molar-refractivity contribution in [2.24, 2.45) is 5.92 Å². The number of nitrogens with zero attached hydrogens (tertiary/aromatic N) is 1. The van der Waals surface area contributed by atoms with Crippen molar-refractivity contribution < 1.29 is 13.2 Å². The minimum atomic E-state index is -3.51. The molecule has 0 saturated carbocycles. The Labute approximate surface area is 167 Å². The molecular weight excluding hydrogens is 372 g/mol. The van der Waals surface area contributed by atoms with Crippen molar-refractivity contribution in [3.63, 3.8) is 0 Å². The van der Waals surface area contributed by atoms with E-state index in [1.807, 2.05) is 45.0 Å². The van der Waals surface area contributed by atoms with Crippen LogP contribution in [0, 0.1) is 26.7 Å². The van der Waals surface area contributed by atoms with E-state index in [2.05, 4.69) is 11.4 Å². The maximum Gasteiger partial charge on any atom is 0.243 e. The third-order valence-corrected chi connectivity index (χ3v) is 7.38. The van der Waals surface area contributed by atoms with Crippen LogP contribution in [0.1, 0.15) is 35.1 Å². The molecule has 1 amide bonds. The predicted molar refractivity (Wildman–Crippen MR) is 110 cm³/mol. The van der Waals surface area contributed by atoms with E-state index in [4.69, 9.17) is 0 Å². The fourth-order valence-electron chi connectivity index (χ4n) is 3.54. The number of carbonyl (C=O) groups is 1. The third-order valence-electron chi connectivity index (χ3n) is 5.49. The lowest BCUT2D eigenvalue weighted by Gasteiger charge is -2.30. The lowest BCUT2D eigenvalue weighted by molar-refractivity contribution is -0.126. The molecule has 0 unspecified atom stereocenters. The monoisotopic (exact) mass is 400 g/mol. The Kier molecular flexibility index (Phi) is 6.20. The minimum absolute atomic E-state index is 0.00438. The molecule has 6 heteroatoms. The van der Waals surface area contributed by atoms with Gasteiger partial charge in [0, 0.05) is 25.6 Å². The van der Waals surface area contributed by atoms with E-state index in [-0.39, 0.29) is 11.8 Å². The normalized spacial score (nSPS) is 16.1. The Hall–Kier alpha value is -2.18. The van der Waals surface area contributed by atoms with Gasteiger partial charge < -0.3 is 5.32 Å². The number of benzene rings is 2. The van der Waals surface area contributed by atoms with Gasteiger partial charge >= 0.3 is 0 Å². The molecule has 0 bridgehead atoms. The number of hydrogen-bond acceptors (Lipinski definition) is 3. The van der Waals surface area contributed by atoms with Gasteiger partial charge in [-0.3, -0.25) is 4.79 Å². The average Bonchev–Trinajstić information content (AvgIpc) is 2.68. The topological polar surface area (TPSA) is 66.5 Å². The fourth-order valence-corrected chi connectivity index (χ4v) is 5.09. The number of hydrogen-bond donors (Lipinski definition) is 1. The van der Waals surface area contributed by atoms with Gasteiger partial charge in [0.05, 0.1) is 4.90 Å². The summed E-state index contributed by atoms with van der Waals surface area (Å²) in [6.45, 7) is 7.15. The molecular formula is C22H28N2O3S. The summed E-state index contributed by atoms with van der Waals surface area (Å²) in [7, 11) is -3.51. The van der Waals surface area contributed by atoms with Crippen molar-refractivity contribution in [3.8, 4) is 0 Å². The van der Waals surface area contributed by atoms with E-state index in [1.165, 1.54) is 4.31 Å². The maximum absolute atomic E-state index is 12.9. The molecule has 3 rings (SSSR count). The van der Waals surface area contributed by atoms with Gasteiger partial charge in [-0.05, 0) is 62.4 Å². The zero-order chi connectivity index (χ0) is 20.3. The summed E-state index contributed by atoms with van der Waals surface area (Å²) in [4.78, 5) is 12.8. The molecule has 0 atom stereocenters. The van der Waals surface area contributed by atoms with Crippen molar-refractivity contribution in [3.05, 3.63) is 64.7 Å². The number of nitrogens with one attached hydrogen (secondary N) is 1. The van der Waals surface area contributed by atoms with Gasteiger partial charge in [0.15, 0.2) is 0 Å². The van der Waals surface area contributed by atoms with Crippen LogP contribution in [-0.4, -0.2) is 31.7 Å². The Balaban J connectivity index is 1.57. The van der Waals surface area contributed by atoms with E-state index >= 15 is 0 Å². The number of sulfonamides is 1. The molecule has 0 radical (unpaired) electrons. The lowest BCUT2D eigenvalue weighted by atomic mass is 9.97. The van der Waals surface area contributed by atoms with Crippen LogP contribution < -0.4 is 5.32 Å². The highest BCUT2D eigenvalue weighted by atomic mass is 32.2. The Morgan fingerprint density at radius 2 is 1.75 bits per heavy atom. The molecule has 1 aliphatic rings. The van der Waals surface area contributed by atoms with Crippen LogP contribution in [0.5, 0.6) is 0 Å². The zero-order valence-corrected chi connectivity index (χ0v) is 17.6. The molecule has 0 aliphatic carbocycles. The summed E-state index contributed by atoms with van der Waals surface area (Å²) < 4.78 is 27.3. The van der Waals surface area contributed by atoms with Crippen molar-refractivity contribution in [2.45, 2.75) is 45.1 Å². The fraction of sp³-hybridized carbons (Fsp3) is 0.409. The number of amides is 1. The molecule has 2 aromatic carbocycles. The number of carbonyl (C=O) groups excluding carboxylic acids is 1. The summed E-state index contributed by atoms with van der Waals surface area (Å²) in [6.07, 6.45) is 1.09. The van der Waals surface area contributed by atoms with Gasteiger partial charge in [0.1, 0.15) is 0 Å². The van der Waals surface area contributed by atoms with E-state index in [0.29, 0.717) is 37.4 Å². The van der Waals surface area contributed by atoms with Gasteiger partial charge in [-0.25, -0.2) is 8.42 Å². The lowest BCUT2D eigenvalue weighted by Crippen LogP contribution is -2.42. The second-order valence-electron chi connectivity index (χ2n) is 7.63. The summed E-state index contributed by atoms with van der Waals surface area (Å²) in [6, 6.07) is 13.3. The number of rotatable bonds is 5. The van der Waals surface area contributed by atoms with Crippen molar-refractivity contribution in [1.82, 2.24) is 9.62 Å². The van der Waals surface area contributed by atoms with Crippen LogP contribution in [-0.2, 0) is 21.4 Å². The van der Waals surface area contributed by atoms with Crippen molar-refractivity contribution >= 4 is 15.9 Å². The van der Waals surface area contributed by atoms with Crippen LogP contribution in [0.4, 0.5) is 0 Å². The largest absolute Gasteiger partial charge is 0.352 e. The molecule has 1 N–H and O–H groups in total. The molecule has 150 valence electrons. The van der Waals surface area contributed by atoms with Crippen LogP contribution in [0.2, 0.25) is 0 Å². The molecule has 1 heterocycles. The Bertz CT molecular complexity index is 961. The van der Waals surface area contributed by atoms with E-state index in [9.17, 15) is 13.2 Å². The van der Waals surface area contributed by atoms with Crippen LogP contribution in [0.25, 0.3) is 0 Å². The van der Waals surface area contributed by atoms with Crippen LogP contribution >= 0.6 is 0 Å². The maximum atomic E-state index is 12.9. The first-order valence-corrected chi connectivity index (χ1v) is 11.1. The van der Waals surface area contributed by atoms with Gasteiger partial charge in [-0.1, -0.05) is 35.9 Å². The zero-order valence-electron chi connectivity index (χ0n) is 16.7. The summed E-state index contributed by atoms with van der Waals surface area (Å²) in [5.41, 5.74) is 4.27.